The zero-order valence-corrected chi connectivity index (χ0v) is 14.8. The van der Waals surface area contributed by atoms with E-state index in [2.05, 4.69) is 32.3 Å². The number of para-hydroxylation sites is 2. The number of anilines is 2. The van der Waals surface area contributed by atoms with Crippen molar-refractivity contribution in [2.45, 2.75) is 12.8 Å². The molecule has 0 aromatic heterocycles. The number of hydrogen-bond acceptors (Lipinski definition) is 4. The van der Waals surface area contributed by atoms with Crippen LogP contribution in [0.15, 0.2) is 60.7 Å². The zero-order chi connectivity index (χ0) is 20.2. The average molecular weight is 384 g/mol. The van der Waals surface area contributed by atoms with Crippen LogP contribution in [0.25, 0.3) is 0 Å². The van der Waals surface area contributed by atoms with Gasteiger partial charge in [-0.05, 0) is 24.3 Å². The molecule has 146 valence electrons. The minimum absolute atomic E-state index is 0.181. The van der Waals surface area contributed by atoms with Gasteiger partial charge in [0.2, 0.25) is 11.8 Å². The Morgan fingerprint density at radius 1 is 0.536 bits per heavy atom. The van der Waals surface area contributed by atoms with Crippen LogP contribution in [0.2, 0.25) is 0 Å². The molecule has 0 saturated carbocycles. The van der Waals surface area contributed by atoms with E-state index in [1.807, 2.05) is 0 Å². The lowest BCUT2D eigenvalue weighted by Crippen LogP contribution is -2.45. The molecule has 0 unspecified atom stereocenters. The Morgan fingerprint density at radius 3 is 1.25 bits per heavy atom. The normalized spacial score (nSPS) is 9.57. The van der Waals surface area contributed by atoms with Crippen LogP contribution in [0.1, 0.15) is 12.8 Å². The van der Waals surface area contributed by atoms with Crippen molar-refractivity contribution in [2.75, 3.05) is 10.6 Å². The molecule has 0 aliphatic carbocycles. The molecule has 10 heteroatoms. The maximum Gasteiger partial charge on any atom is 0.337 e. The molecule has 2 aromatic carbocycles. The summed E-state index contributed by atoms with van der Waals surface area (Å²) < 4.78 is 0. The maximum absolute atomic E-state index is 11.7. The SMILES string of the molecule is O=C(CCC(=O)NNC(=O)Nc1ccccc1)NNC(=O)Nc1ccccc1. The molecule has 2 aromatic rings. The van der Waals surface area contributed by atoms with Gasteiger partial charge >= 0.3 is 12.1 Å². The summed E-state index contributed by atoms with van der Waals surface area (Å²) in [6, 6.07) is 16.1. The van der Waals surface area contributed by atoms with Gasteiger partial charge in [0.1, 0.15) is 0 Å². The largest absolute Gasteiger partial charge is 0.337 e. The van der Waals surface area contributed by atoms with Gasteiger partial charge in [0.15, 0.2) is 0 Å². The lowest BCUT2D eigenvalue weighted by atomic mass is 10.3. The Labute approximate surface area is 161 Å². The minimum Gasteiger partial charge on any atom is -0.307 e. The third kappa shape index (κ3) is 7.87. The van der Waals surface area contributed by atoms with E-state index in [-0.39, 0.29) is 12.8 Å². The predicted octanol–water partition coefficient (Wildman–Crippen LogP) is 1.47. The van der Waals surface area contributed by atoms with E-state index in [0.29, 0.717) is 11.4 Å². The number of rotatable bonds is 5. The average Bonchev–Trinajstić information content (AvgIpc) is 2.70. The second-order valence-corrected chi connectivity index (χ2v) is 5.49. The van der Waals surface area contributed by atoms with E-state index in [1.165, 1.54) is 0 Å². The third-order valence-corrected chi connectivity index (χ3v) is 3.27. The van der Waals surface area contributed by atoms with E-state index in [0.717, 1.165) is 0 Å². The first kappa shape index (κ1) is 20.2. The fourth-order valence-corrected chi connectivity index (χ4v) is 1.97. The molecule has 0 bridgehead atoms. The highest BCUT2D eigenvalue weighted by Crippen LogP contribution is 2.04. The molecular weight excluding hydrogens is 364 g/mol. The molecule has 0 saturated heterocycles. The Morgan fingerprint density at radius 2 is 0.893 bits per heavy atom. The monoisotopic (exact) mass is 384 g/mol. The van der Waals surface area contributed by atoms with Crippen molar-refractivity contribution in [3.05, 3.63) is 60.7 Å². The quantitative estimate of drug-likeness (QED) is 0.434. The molecule has 0 heterocycles. The fourth-order valence-electron chi connectivity index (χ4n) is 1.97. The molecule has 0 aliphatic heterocycles. The van der Waals surface area contributed by atoms with Crippen molar-refractivity contribution in [3.63, 3.8) is 0 Å². The Bertz CT molecular complexity index is 744. The molecule has 0 fully saturated rings. The molecule has 28 heavy (non-hydrogen) atoms. The second-order valence-electron chi connectivity index (χ2n) is 5.49. The summed E-state index contributed by atoms with van der Waals surface area (Å²) in [5, 5.41) is 5.03. The van der Waals surface area contributed by atoms with Crippen LogP contribution >= 0.6 is 0 Å². The van der Waals surface area contributed by atoms with Gasteiger partial charge in [-0.25, -0.2) is 20.4 Å². The lowest BCUT2D eigenvalue weighted by molar-refractivity contribution is -0.127. The number of carbonyl (C=O) groups is 4. The highest BCUT2D eigenvalue weighted by atomic mass is 16.2. The number of benzene rings is 2. The summed E-state index contributed by atoms with van der Waals surface area (Å²) in [6.07, 6.45) is -0.362. The zero-order valence-electron chi connectivity index (χ0n) is 14.8. The summed E-state index contributed by atoms with van der Waals surface area (Å²) in [6.45, 7) is 0. The van der Waals surface area contributed by atoms with E-state index in [1.54, 1.807) is 60.7 Å². The van der Waals surface area contributed by atoms with Crippen LogP contribution in [0, 0.1) is 0 Å². The number of urea groups is 2. The number of amides is 6. The van der Waals surface area contributed by atoms with Gasteiger partial charge < -0.3 is 10.6 Å². The fraction of sp³-hybridized carbons (Fsp3) is 0.111. The Kier molecular flexibility index (Phi) is 7.81. The summed E-state index contributed by atoms with van der Waals surface area (Å²) in [5.41, 5.74) is 9.82. The first-order valence-corrected chi connectivity index (χ1v) is 8.34. The standard InChI is InChI=1S/C18H20N6O4/c25-15(21-23-17(27)19-13-7-3-1-4-8-13)11-12-16(26)22-24-18(28)20-14-9-5-2-6-10-14/h1-10H,11-12H2,(H,21,25)(H,22,26)(H2,19,23,27)(H2,20,24,28). The Balaban J connectivity index is 1.58. The molecular formula is C18H20N6O4. The molecule has 10 nitrogen and oxygen atoms in total. The van der Waals surface area contributed by atoms with Crippen molar-refractivity contribution < 1.29 is 19.2 Å². The van der Waals surface area contributed by atoms with Crippen molar-refractivity contribution in [2.24, 2.45) is 0 Å². The predicted molar refractivity (Wildman–Crippen MR) is 103 cm³/mol. The molecule has 6 amide bonds. The van der Waals surface area contributed by atoms with E-state index in [4.69, 9.17) is 0 Å². The van der Waals surface area contributed by atoms with Gasteiger partial charge in [-0.15, -0.1) is 0 Å². The van der Waals surface area contributed by atoms with Crippen LogP contribution in [0.4, 0.5) is 21.0 Å². The van der Waals surface area contributed by atoms with Crippen LogP contribution in [0.3, 0.4) is 0 Å². The van der Waals surface area contributed by atoms with Gasteiger partial charge in [-0.2, -0.15) is 0 Å². The number of hydrazine groups is 2. The number of nitrogens with one attached hydrogen (secondary N) is 6. The molecule has 0 atom stereocenters. The Hall–Kier alpha value is -4.08. The number of carbonyl (C=O) groups excluding carboxylic acids is 4. The molecule has 0 aliphatic rings. The molecule has 6 N–H and O–H groups in total. The van der Waals surface area contributed by atoms with E-state index in [9.17, 15) is 19.2 Å². The number of hydrogen-bond donors (Lipinski definition) is 6. The van der Waals surface area contributed by atoms with Crippen molar-refractivity contribution >= 4 is 35.3 Å². The maximum atomic E-state index is 11.7. The molecule has 0 radical (unpaired) electrons. The lowest BCUT2D eigenvalue weighted by Gasteiger charge is -2.10. The van der Waals surface area contributed by atoms with E-state index < -0.39 is 23.9 Å². The topological polar surface area (TPSA) is 140 Å². The van der Waals surface area contributed by atoms with Crippen LogP contribution in [-0.4, -0.2) is 23.9 Å². The summed E-state index contributed by atoms with van der Waals surface area (Å²) in [7, 11) is 0. The minimum atomic E-state index is -0.622. The van der Waals surface area contributed by atoms with Crippen LogP contribution in [0.5, 0.6) is 0 Å². The van der Waals surface area contributed by atoms with Crippen molar-refractivity contribution in [1.82, 2.24) is 21.7 Å². The molecule has 0 spiro atoms. The van der Waals surface area contributed by atoms with Crippen LogP contribution < -0.4 is 32.3 Å². The smallest absolute Gasteiger partial charge is 0.307 e. The first-order valence-electron chi connectivity index (χ1n) is 8.34. The second kappa shape index (κ2) is 10.8. The van der Waals surface area contributed by atoms with Crippen LogP contribution in [-0.2, 0) is 9.59 Å². The highest BCUT2D eigenvalue weighted by molar-refractivity contribution is 5.92. The van der Waals surface area contributed by atoms with Gasteiger partial charge in [0.25, 0.3) is 0 Å². The third-order valence-electron chi connectivity index (χ3n) is 3.27. The van der Waals surface area contributed by atoms with Gasteiger partial charge in [0.05, 0.1) is 0 Å². The summed E-state index contributed by atoms with van der Waals surface area (Å²) in [4.78, 5) is 46.5. The highest BCUT2D eigenvalue weighted by Gasteiger charge is 2.09. The summed E-state index contributed by atoms with van der Waals surface area (Å²) in [5.74, 6) is -1.13. The molecule has 2 rings (SSSR count). The van der Waals surface area contributed by atoms with Gasteiger partial charge in [-0.3, -0.25) is 20.4 Å². The van der Waals surface area contributed by atoms with Crippen molar-refractivity contribution in [1.29, 1.82) is 0 Å². The van der Waals surface area contributed by atoms with Gasteiger partial charge in [0, 0.05) is 24.2 Å². The first-order chi connectivity index (χ1) is 13.5. The summed E-state index contributed by atoms with van der Waals surface area (Å²) >= 11 is 0. The van der Waals surface area contributed by atoms with Gasteiger partial charge in [-0.1, -0.05) is 36.4 Å². The van der Waals surface area contributed by atoms with E-state index >= 15 is 0 Å². The van der Waals surface area contributed by atoms with Crippen molar-refractivity contribution in [3.8, 4) is 0 Å².